The topological polar surface area (TPSA) is 0 Å². The average Bonchev–Trinajstić information content (AvgIpc) is 2.47. The van der Waals surface area contributed by atoms with Crippen LogP contribution in [0, 0.1) is 0 Å². The molecule has 82 valence electrons. The first-order valence-corrected chi connectivity index (χ1v) is 5.22. The highest BCUT2D eigenvalue weighted by atomic mass is 127. The summed E-state index contributed by atoms with van der Waals surface area (Å²) < 4.78 is 1.14. The molecule has 1 fully saturated rings. The Morgan fingerprint density at radius 3 is 2.33 bits per heavy atom. The molecular weight excluding hydrogens is 297 g/mol. The predicted octanol–water partition coefficient (Wildman–Crippen LogP) is -0.446. The minimum absolute atomic E-state index is 0. The van der Waals surface area contributed by atoms with Gasteiger partial charge in [0.15, 0.2) is 0 Å². The summed E-state index contributed by atoms with van der Waals surface area (Å²) in [4.78, 5) is 0. The van der Waals surface area contributed by atoms with Gasteiger partial charge in [-0.05, 0) is 17.2 Å². The zero-order valence-corrected chi connectivity index (χ0v) is 11.6. The standard InChI is InChI=1S/C13H18N.HI/c1-14(2)9-8-13(11-14)10-12-6-4-3-5-7-12;/h3-7,10H,8-9,11H2,1-2H3;1H/q+1;/p-1/b13-10-;. The van der Waals surface area contributed by atoms with Gasteiger partial charge < -0.3 is 28.5 Å². The van der Waals surface area contributed by atoms with E-state index >= 15 is 0 Å². The Hall–Kier alpha value is -0.350. The molecule has 1 aliphatic heterocycles. The molecule has 15 heavy (non-hydrogen) atoms. The van der Waals surface area contributed by atoms with Crippen LogP contribution >= 0.6 is 0 Å². The van der Waals surface area contributed by atoms with E-state index in [0.29, 0.717) is 0 Å². The second-order valence-corrected chi connectivity index (χ2v) is 4.78. The van der Waals surface area contributed by atoms with Crippen molar-refractivity contribution in [2.24, 2.45) is 0 Å². The highest BCUT2D eigenvalue weighted by molar-refractivity contribution is 5.53. The van der Waals surface area contributed by atoms with Crippen molar-refractivity contribution in [2.75, 3.05) is 27.2 Å². The highest BCUT2D eigenvalue weighted by Gasteiger charge is 2.24. The summed E-state index contributed by atoms with van der Waals surface area (Å²) in [5, 5.41) is 0. The molecule has 2 rings (SSSR count). The van der Waals surface area contributed by atoms with E-state index in [-0.39, 0.29) is 24.0 Å². The molecule has 1 heterocycles. The number of rotatable bonds is 1. The third-order valence-corrected chi connectivity index (χ3v) is 2.84. The summed E-state index contributed by atoms with van der Waals surface area (Å²) in [7, 11) is 4.59. The van der Waals surface area contributed by atoms with Crippen LogP contribution in [-0.2, 0) is 0 Å². The molecule has 0 saturated carbocycles. The first-order chi connectivity index (χ1) is 6.66. The maximum absolute atomic E-state index is 2.34. The van der Waals surface area contributed by atoms with Gasteiger partial charge in [-0.3, -0.25) is 0 Å². The summed E-state index contributed by atoms with van der Waals surface area (Å²) in [6.45, 7) is 2.48. The Balaban J connectivity index is 0.00000112. The molecule has 0 spiro atoms. The molecule has 2 heteroatoms. The lowest BCUT2D eigenvalue weighted by molar-refractivity contribution is -0.875. The van der Waals surface area contributed by atoms with E-state index in [0.717, 1.165) is 4.48 Å². The van der Waals surface area contributed by atoms with E-state index < -0.39 is 0 Å². The molecule has 0 unspecified atom stereocenters. The van der Waals surface area contributed by atoms with Gasteiger partial charge in [0, 0.05) is 6.42 Å². The van der Waals surface area contributed by atoms with Gasteiger partial charge in [0.05, 0.1) is 20.6 Å². The van der Waals surface area contributed by atoms with Crippen molar-refractivity contribution in [3.05, 3.63) is 41.5 Å². The summed E-state index contributed by atoms with van der Waals surface area (Å²) in [5.41, 5.74) is 2.92. The number of nitrogens with zero attached hydrogens (tertiary/aromatic N) is 1. The first-order valence-electron chi connectivity index (χ1n) is 5.22. The van der Waals surface area contributed by atoms with Gasteiger partial charge >= 0.3 is 0 Å². The lowest BCUT2D eigenvalue weighted by atomic mass is 10.1. The smallest absolute Gasteiger partial charge is 0.100 e. The Morgan fingerprint density at radius 2 is 1.80 bits per heavy atom. The molecular formula is C13H18IN. The Bertz CT molecular complexity index is 341. The van der Waals surface area contributed by atoms with Crippen LogP contribution in [0.15, 0.2) is 35.9 Å². The highest BCUT2D eigenvalue weighted by Crippen LogP contribution is 2.21. The second-order valence-electron chi connectivity index (χ2n) is 4.78. The van der Waals surface area contributed by atoms with Gasteiger partial charge in [0.25, 0.3) is 0 Å². The molecule has 0 atom stereocenters. The van der Waals surface area contributed by atoms with Crippen LogP contribution in [0.2, 0.25) is 0 Å². The molecule has 0 aliphatic carbocycles. The molecule has 0 amide bonds. The van der Waals surface area contributed by atoms with E-state index in [1.54, 1.807) is 5.57 Å². The van der Waals surface area contributed by atoms with Crippen LogP contribution in [-0.4, -0.2) is 31.7 Å². The van der Waals surface area contributed by atoms with Gasteiger partial charge in [-0.2, -0.15) is 0 Å². The van der Waals surface area contributed by atoms with E-state index in [1.165, 1.54) is 25.1 Å². The van der Waals surface area contributed by atoms with Gasteiger partial charge in [0.2, 0.25) is 0 Å². The zero-order valence-electron chi connectivity index (χ0n) is 9.41. The van der Waals surface area contributed by atoms with E-state index in [4.69, 9.17) is 0 Å². The summed E-state index contributed by atoms with van der Waals surface area (Å²) in [6, 6.07) is 10.6. The quantitative estimate of drug-likeness (QED) is 0.487. The normalized spacial score (nSPS) is 21.3. The number of quaternary nitrogens is 1. The SMILES string of the molecule is C[N+]1(C)CC/C(=C/c2ccccc2)C1.[I-]. The lowest BCUT2D eigenvalue weighted by Gasteiger charge is -2.21. The van der Waals surface area contributed by atoms with Crippen LogP contribution in [0.1, 0.15) is 12.0 Å². The van der Waals surface area contributed by atoms with Crippen LogP contribution in [0.4, 0.5) is 0 Å². The van der Waals surface area contributed by atoms with Crippen molar-refractivity contribution in [1.29, 1.82) is 0 Å². The van der Waals surface area contributed by atoms with Crippen LogP contribution in [0.25, 0.3) is 6.08 Å². The number of hydrogen-bond acceptors (Lipinski definition) is 0. The van der Waals surface area contributed by atoms with Gasteiger partial charge in [-0.15, -0.1) is 0 Å². The molecule has 1 nitrogen and oxygen atoms in total. The van der Waals surface area contributed by atoms with Crippen molar-refractivity contribution in [2.45, 2.75) is 6.42 Å². The third-order valence-electron chi connectivity index (χ3n) is 2.84. The van der Waals surface area contributed by atoms with Crippen molar-refractivity contribution in [3.8, 4) is 0 Å². The average molecular weight is 315 g/mol. The molecule has 1 aliphatic rings. The molecule has 1 aromatic rings. The van der Waals surface area contributed by atoms with Crippen molar-refractivity contribution < 1.29 is 28.5 Å². The fourth-order valence-corrected chi connectivity index (χ4v) is 2.06. The summed E-state index contributed by atoms with van der Waals surface area (Å²) >= 11 is 0. The van der Waals surface area contributed by atoms with Crippen LogP contribution in [0.5, 0.6) is 0 Å². The van der Waals surface area contributed by atoms with E-state index in [9.17, 15) is 0 Å². The van der Waals surface area contributed by atoms with Crippen LogP contribution in [0.3, 0.4) is 0 Å². The Kier molecular flexibility index (Phi) is 4.34. The zero-order chi connectivity index (χ0) is 10.0. The third kappa shape index (κ3) is 3.61. The largest absolute Gasteiger partial charge is 1.00 e. The monoisotopic (exact) mass is 315 g/mol. The van der Waals surface area contributed by atoms with Gasteiger partial charge in [0.1, 0.15) is 6.54 Å². The van der Waals surface area contributed by atoms with Crippen molar-refractivity contribution >= 4 is 6.08 Å². The maximum Gasteiger partial charge on any atom is 0.100 e. The summed E-state index contributed by atoms with van der Waals surface area (Å²) in [6.07, 6.45) is 3.59. The number of benzene rings is 1. The van der Waals surface area contributed by atoms with E-state index in [1.807, 2.05) is 0 Å². The molecule has 0 radical (unpaired) electrons. The number of likely N-dealkylation sites (N-methyl/N-ethyl adjacent to an activating group) is 1. The number of hydrogen-bond donors (Lipinski definition) is 0. The summed E-state index contributed by atoms with van der Waals surface area (Å²) in [5.74, 6) is 0. The number of halogens is 1. The van der Waals surface area contributed by atoms with Crippen LogP contribution < -0.4 is 24.0 Å². The minimum Gasteiger partial charge on any atom is -1.00 e. The molecule has 0 bridgehead atoms. The van der Waals surface area contributed by atoms with Crippen molar-refractivity contribution in [1.82, 2.24) is 0 Å². The predicted molar refractivity (Wildman–Crippen MR) is 60.9 cm³/mol. The molecule has 0 N–H and O–H groups in total. The lowest BCUT2D eigenvalue weighted by Crippen LogP contribution is -3.00. The maximum atomic E-state index is 2.34. The van der Waals surface area contributed by atoms with Gasteiger partial charge in [-0.25, -0.2) is 0 Å². The van der Waals surface area contributed by atoms with Crippen molar-refractivity contribution in [3.63, 3.8) is 0 Å². The first kappa shape index (κ1) is 12.7. The Labute approximate surface area is 109 Å². The fraction of sp³-hybridized carbons (Fsp3) is 0.385. The minimum atomic E-state index is 0. The Morgan fingerprint density at radius 1 is 1.13 bits per heavy atom. The second kappa shape index (κ2) is 5.12. The molecule has 1 aromatic carbocycles. The fourth-order valence-electron chi connectivity index (χ4n) is 2.06. The molecule has 0 aromatic heterocycles. The number of likely N-dealkylation sites (tertiary alicyclic amines) is 1. The van der Waals surface area contributed by atoms with Gasteiger partial charge in [-0.1, -0.05) is 30.3 Å². The van der Waals surface area contributed by atoms with E-state index in [2.05, 4.69) is 50.5 Å². The molecule has 1 saturated heterocycles.